The van der Waals surface area contributed by atoms with E-state index in [1.807, 2.05) is 4.90 Å². The lowest BCUT2D eigenvalue weighted by molar-refractivity contribution is -0.137. The number of piperidine rings is 1. The molecule has 2 saturated heterocycles. The van der Waals surface area contributed by atoms with Gasteiger partial charge in [0.2, 0.25) is 5.91 Å². The quantitative estimate of drug-likeness (QED) is 0.647. The van der Waals surface area contributed by atoms with Crippen molar-refractivity contribution in [2.75, 3.05) is 26.3 Å². The third-order valence-electron chi connectivity index (χ3n) is 3.06. The molecule has 1 unspecified atom stereocenters. The predicted octanol–water partition coefficient (Wildman–Crippen LogP) is 0.00620. The Morgan fingerprint density at radius 3 is 2.57 bits per heavy atom. The highest BCUT2D eigenvalue weighted by molar-refractivity contribution is 5.79. The predicted molar refractivity (Wildman–Crippen MR) is 50.7 cm³/mol. The topological polar surface area (TPSA) is 49.8 Å². The minimum Gasteiger partial charge on any atom is -0.393 e. The molecule has 4 heteroatoms. The number of rotatable bonds is 1. The average Bonchev–Trinajstić information content (AvgIpc) is 2.71. The molecule has 0 radical (unpaired) electrons. The molecule has 1 N–H and O–H groups in total. The Hall–Kier alpha value is -0.610. The molecular weight excluding hydrogens is 182 g/mol. The Labute approximate surface area is 83.8 Å². The van der Waals surface area contributed by atoms with E-state index in [2.05, 4.69) is 0 Å². The van der Waals surface area contributed by atoms with Crippen LogP contribution in [0.3, 0.4) is 0 Å². The normalized spacial score (nSPS) is 29.5. The molecule has 2 heterocycles. The maximum Gasteiger partial charge on any atom is 0.228 e. The molecule has 0 aromatic carbocycles. The van der Waals surface area contributed by atoms with Crippen LogP contribution in [0.2, 0.25) is 0 Å². The Kier molecular flexibility index (Phi) is 3.03. The zero-order chi connectivity index (χ0) is 9.97. The van der Waals surface area contributed by atoms with Crippen molar-refractivity contribution >= 4 is 5.91 Å². The van der Waals surface area contributed by atoms with Gasteiger partial charge in [-0.1, -0.05) is 0 Å². The van der Waals surface area contributed by atoms with E-state index in [1.165, 1.54) is 0 Å². The fraction of sp³-hybridized carbons (Fsp3) is 0.900. The molecular formula is C10H17NO3. The summed E-state index contributed by atoms with van der Waals surface area (Å²) in [6.45, 7) is 2.71. The molecule has 80 valence electrons. The van der Waals surface area contributed by atoms with Crippen molar-refractivity contribution in [1.82, 2.24) is 4.90 Å². The number of hydrogen-bond acceptors (Lipinski definition) is 3. The summed E-state index contributed by atoms with van der Waals surface area (Å²) in [5.74, 6) is 0.291. The highest BCUT2D eigenvalue weighted by Gasteiger charge is 2.29. The Morgan fingerprint density at radius 1 is 1.29 bits per heavy atom. The first-order valence-corrected chi connectivity index (χ1v) is 5.32. The van der Waals surface area contributed by atoms with E-state index in [4.69, 9.17) is 4.74 Å². The molecule has 2 rings (SSSR count). The summed E-state index contributed by atoms with van der Waals surface area (Å²) >= 11 is 0. The van der Waals surface area contributed by atoms with Gasteiger partial charge in [0.05, 0.1) is 18.6 Å². The van der Waals surface area contributed by atoms with Crippen LogP contribution in [0.1, 0.15) is 19.3 Å². The van der Waals surface area contributed by atoms with Crippen molar-refractivity contribution in [3.63, 3.8) is 0 Å². The number of ether oxygens (including phenoxy) is 1. The van der Waals surface area contributed by atoms with E-state index in [0.29, 0.717) is 26.3 Å². The zero-order valence-corrected chi connectivity index (χ0v) is 8.32. The van der Waals surface area contributed by atoms with Gasteiger partial charge >= 0.3 is 0 Å². The van der Waals surface area contributed by atoms with Crippen molar-refractivity contribution in [3.05, 3.63) is 0 Å². The third kappa shape index (κ3) is 2.07. The number of nitrogens with zero attached hydrogens (tertiary/aromatic N) is 1. The Balaban J connectivity index is 1.85. The first-order valence-electron chi connectivity index (χ1n) is 5.32. The van der Waals surface area contributed by atoms with Gasteiger partial charge in [-0.3, -0.25) is 4.79 Å². The minimum atomic E-state index is -0.209. The summed E-state index contributed by atoms with van der Waals surface area (Å²) < 4.78 is 5.19. The van der Waals surface area contributed by atoms with Crippen LogP contribution < -0.4 is 0 Å². The van der Waals surface area contributed by atoms with Gasteiger partial charge in [0.15, 0.2) is 0 Å². The fourth-order valence-corrected chi connectivity index (χ4v) is 2.07. The zero-order valence-electron chi connectivity index (χ0n) is 8.32. The number of likely N-dealkylation sites (tertiary alicyclic amines) is 1. The summed E-state index contributed by atoms with van der Waals surface area (Å²) in [5.41, 5.74) is 0. The maximum absolute atomic E-state index is 11.9. The highest BCUT2D eigenvalue weighted by Crippen LogP contribution is 2.18. The van der Waals surface area contributed by atoms with Gasteiger partial charge in [0.1, 0.15) is 0 Å². The molecule has 2 fully saturated rings. The second-order valence-corrected chi connectivity index (χ2v) is 4.12. The van der Waals surface area contributed by atoms with Crippen LogP contribution in [0.4, 0.5) is 0 Å². The largest absolute Gasteiger partial charge is 0.393 e. The maximum atomic E-state index is 11.9. The molecule has 0 aromatic heterocycles. The second-order valence-electron chi connectivity index (χ2n) is 4.12. The molecule has 0 bridgehead atoms. The van der Waals surface area contributed by atoms with Crippen molar-refractivity contribution < 1.29 is 14.6 Å². The lowest BCUT2D eigenvalue weighted by Gasteiger charge is -2.31. The van der Waals surface area contributed by atoms with Gasteiger partial charge in [-0.2, -0.15) is 0 Å². The van der Waals surface area contributed by atoms with Crippen molar-refractivity contribution in [3.8, 4) is 0 Å². The molecule has 0 saturated carbocycles. The van der Waals surface area contributed by atoms with Crippen molar-refractivity contribution in [2.24, 2.45) is 5.92 Å². The van der Waals surface area contributed by atoms with Crippen LogP contribution in [0, 0.1) is 5.92 Å². The monoisotopic (exact) mass is 199 g/mol. The summed E-state index contributed by atoms with van der Waals surface area (Å²) in [6, 6.07) is 0. The van der Waals surface area contributed by atoms with Gasteiger partial charge in [-0.05, 0) is 19.3 Å². The van der Waals surface area contributed by atoms with Crippen LogP contribution in [-0.4, -0.2) is 48.3 Å². The number of carbonyl (C=O) groups excluding carboxylic acids is 1. The van der Waals surface area contributed by atoms with Gasteiger partial charge in [0, 0.05) is 19.7 Å². The number of hydrogen-bond donors (Lipinski definition) is 1. The smallest absolute Gasteiger partial charge is 0.228 e. The molecule has 2 aliphatic heterocycles. The number of carbonyl (C=O) groups is 1. The first kappa shape index (κ1) is 9.93. The molecule has 0 aromatic rings. The average molecular weight is 199 g/mol. The van der Waals surface area contributed by atoms with Gasteiger partial charge < -0.3 is 14.7 Å². The van der Waals surface area contributed by atoms with Crippen LogP contribution >= 0.6 is 0 Å². The van der Waals surface area contributed by atoms with E-state index in [1.54, 1.807) is 0 Å². The molecule has 1 amide bonds. The molecule has 2 aliphatic rings. The van der Waals surface area contributed by atoms with E-state index < -0.39 is 0 Å². The lowest BCUT2D eigenvalue weighted by Crippen LogP contribution is -2.43. The van der Waals surface area contributed by atoms with Gasteiger partial charge in [0.25, 0.3) is 0 Å². The molecule has 0 aliphatic carbocycles. The molecule has 1 atom stereocenters. The minimum absolute atomic E-state index is 0.0743. The van der Waals surface area contributed by atoms with E-state index in [9.17, 15) is 9.90 Å². The fourth-order valence-electron chi connectivity index (χ4n) is 2.07. The Bertz CT molecular complexity index is 205. The van der Waals surface area contributed by atoms with Gasteiger partial charge in [-0.25, -0.2) is 0 Å². The third-order valence-corrected chi connectivity index (χ3v) is 3.06. The van der Waals surface area contributed by atoms with Crippen LogP contribution in [0.15, 0.2) is 0 Å². The molecule has 14 heavy (non-hydrogen) atoms. The Morgan fingerprint density at radius 2 is 2.00 bits per heavy atom. The molecule has 4 nitrogen and oxygen atoms in total. The molecule has 0 spiro atoms. The lowest BCUT2D eigenvalue weighted by atomic mass is 10.0. The van der Waals surface area contributed by atoms with E-state index in [-0.39, 0.29) is 17.9 Å². The summed E-state index contributed by atoms with van der Waals surface area (Å²) in [7, 11) is 0. The number of aliphatic hydroxyl groups excluding tert-OH is 1. The number of amides is 1. The van der Waals surface area contributed by atoms with E-state index in [0.717, 1.165) is 19.3 Å². The summed E-state index contributed by atoms with van der Waals surface area (Å²) in [4.78, 5) is 13.7. The van der Waals surface area contributed by atoms with Crippen molar-refractivity contribution in [2.45, 2.75) is 25.4 Å². The first-order chi connectivity index (χ1) is 6.77. The summed E-state index contributed by atoms with van der Waals surface area (Å²) in [6.07, 6.45) is 2.09. The second kappa shape index (κ2) is 4.28. The van der Waals surface area contributed by atoms with Crippen LogP contribution in [0.25, 0.3) is 0 Å². The van der Waals surface area contributed by atoms with Crippen molar-refractivity contribution in [1.29, 1.82) is 0 Å². The SMILES string of the molecule is O=C(C1CCOC1)N1CCC(O)CC1. The van der Waals surface area contributed by atoms with E-state index >= 15 is 0 Å². The van der Waals surface area contributed by atoms with Crippen LogP contribution in [0.5, 0.6) is 0 Å². The van der Waals surface area contributed by atoms with Gasteiger partial charge in [-0.15, -0.1) is 0 Å². The standard InChI is InChI=1S/C10H17NO3/c12-9-1-4-11(5-2-9)10(13)8-3-6-14-7-8/h8-9,12H,1-7H2. The summed E-state index contributed by atoms with van der Waals surface area (Å²) in [5, 5.41) is 9.31. The van der Waals surface area contributed by atoms with Crippen LogP contribution in [-0.2, 0) is 9.53 Å². The number of aliphatic hydroxyl groups is 1. The highest BCUT2D eigenvalue weighted by atomic mass is 16.5.